The van der Waals surface area contributed by atoms with Gasteiger partial charge in [-0.15, -0.1) is 0 Å². The molecule has 2 saturated heterocycles. The van der Waals surface area contributed by atoms with Crippen molar-refractivity contribution in [1.82, 2.24) is 10.6 Å². The van der Waals surface area contributed by atoms with E-state index in [1.165, 1.54) is 22.8 Å². The maximum absolute atomic E-state index is 13.8. The van der Waals surface area contributed by atoms with Gasteiger partial charge in [-0.05, 0) is 109 Å². The van der Waals surface area contributed by atoms with Crippen molar-refractivity contribution in [1.29, 1.82) is 0 Å². The summed E-state index contributed by atoms with van der Waals surface area (Å²) >= 11 is 0. The van der Waals surface area contributed by atoms with Gasteiger partial charge in [0.15, 0.2) is 0 Å². The number of ether oxygens (including phenoxy) is 2. The van der Waals surface area contributed by atoms with Crippen molar-refractivity contribution in [2.75, 3.05) is 26.3 Å². The Morgan fingerprint density at radius 3 is 1.81 bits per heavy atom. The SMILES string of the molecule is CC1(C)CC(CCNCc2ccccc2F)(c2ccccc2)CCO1.CCC1(C)CC(CCNCc2ccccc2O)(c2ccc(C)cc2)CCO1. The molecular formula is C46H61FN2O3. The van der Waals surface area contributed by atoms with Crippen molar-refractivity contribution in [3.63, 3.8) is 0 Å². The van der Waals surface area contributed by atoms with Gasteiger partial charge in [0.25, 0.3) is 0 Å². The molecule has 6 heteroatoms. The predicted octanol–water partition coefficient (Wildman–Crippen LogP) is 9.93. The highest BCUT2D eigenvalue weighted by atomic mass is 19.1. The van der Waals surface area contributed by atoms with Crippen LogP contribution in [0, 0.1) is 12.7 Å². The maximum atomic E-state index is 13.8. The predicted molar refractivity (Wildman–Crippen MR) is 211 cm³/mol. The van der Waals surface area contributed by atoms with Crippen LogP contribution in [0.3, 0.4) is 0 Å². The Kier molecular flexibility index (Phi) is 13.7. The van der Waals surface area contributed by atoms with E-state index in [1.54, 1.807) is 12.1 Å². The summed E-state index contributed by atoms with van der Waals surface area (Å²) in [5, 5.41) is 16.9. The highest BCUT2D eigenvalue weighted by Gasteiger charge is 2.43. The Morgan fingerprint density at radius 1 is 0.654 bits per heavy atom. The Hall–Kier alpha value is -3.55. The summed E-state index contributed by atoms with van der Waals surface area (Å²) in [6, 6.07) is 34.4. The van der Waals surface area contributed by atoms with E-state index in [2.05, 4.69) is 99.8 Å². The highest BCUT2D eigenvalue weighted by Crippen LogP contribution is 2.46. The summed E-state index contributed by atoms with van der Waals surface area (Å²) in [6.45, 7) is 15.6. The summed E-state index contributed by atoms with van der Waals surface area (Å²) < 4.78 is 25.9. The first-order valence-electron chi connectivity index (χ1n) is 19.3. The third-order valence-corrected chi connectivity index (χ3v) is 11.5. The second-order valence-electron chi connectivity index (χ2n) is 16.0. The lowest BCUT2D eigenvalue weighted by molar-refractivity contribution is -0.0979. The number of aromatic hydroxyl groups is 1. The Bertz CT molecular complexity index is 1680. The Morgan fingerprint density at radius 2 is 1.19 bits per heavy atom. The molecule has 0 saturated carbocycles. The Balaban J connectivity index is 0.000000202. The number of halogens is 1. The van der Waals surface area contributed by atoms with E-state index < -0.39 is 0 Å². The molecule has 2 heterocycles. The molecule has 280 valence electrons. The van der Waals surface area contributed by atoms with Crippen LogP contribution in [0.25, 0.3) is 0 Å². The van der Waals surface area contributed by atoms with Crippen molar-refractivity contribution < 1.29 is 19.0 Å². The van der Waals surface area contributed by atoms with E-state index in [-0.39, 0.29) is 27.8 Å². The average Bonchev–Trinajstić information content (AvgIpc) is 3.14. The van der Waals surface area contributed by atoms with Crippen LogP contribution in [0.5, 0.6) is 5.75 Å². The summed E-state index contributed by atoms with van der Waals surface area (Å²) in [5.74, 6) is 0.225. The van der Waals surface area contributed by atoms with Crippen LogP contribution >= 0.6 is 0 Å². The normalized spacial score (nSPS) is 24.1. The van der Waals surface area contributed by atoms with Crippen LogP contribution in [0.4, 0.5) is 4.39 Å². The molecule has 0 radical (unpaired) electrons. The van der Waals surface area contributed by atoms with Crippen LogP contribution in [-0.2, 0) is 33.4 Å². The number of phenolic OH excluding ortho intramolecular Hbond substituents is 1. The standard InChI is InChI=1S/C24H33NO2.C22H28FNO/c1-4-23(3)18-24(14-16-27-23,21-11-9-19(2)10-12-21)13-15-25-17-20-7-5-6-8-22(20)26;1-21(2)17-22(13-15-25-21,19-9-4-3-5-10-19)12-14-24-16-18-8-6-7-11-20(18)23/h5-12,25-26H,4,13-18H2,1-3H3;3-11,24H,12-17H2,1-2H3. The maximum Gasteiger partial charge on any atom is 0.127 e. The number of benzene rings is 4. The van der Waals surface area contributed by atoms with E-state index in [0.717, 1.165) is 82.4 Å². The lowest BCUT2D eigenvalue weighted by Crippen LogP contribution is -2.46. The van der Waals surface area contributed by atoms with Crippen molar-refractivity contribution in [3.8, 4) is 5.75 Å². The van der Waals surface area contributed by atoms with E-state index in [1.807, 2.05) is 30.3 Å². The minimum atomic E-state index is -0.139. The average molecular weight is 709 g/mol. The fourth-order valence-corrected chi connectivity index (χ4v) is 8.36. The number of phenols is 1. The van der Waals surface area contributed by atoms with Gasteiger partial charge < -0.3 is 25.2 Å². The second-order valence-corrected chi connectivity index (χ2v) is 16.0. The monoisotopic (exact) mass is 708 g/mol. The Labute approximate surface area is 312 Å². The minimum Gasteiger partial charge on any atom is -0.508 e. The topological polar surface area (TPSA) is 62.8 Å². The lowest BCUT2D eigenvalue weighted by atomic mass is 9.66. The zero-order valence-electron chi connectivity index (χ0n) is 32.1. The highest BCUT2D eigenvalue weighted by molar-refractivity contribution is 5.32. The summed E-state index contributed by atoms with van der Waals surface area (Å²) in [5.41, 5.74) is 5.89. The van der Waals surface area contributed by atoms with Gasteiger partial charge in [-0.2, -0.15) is 0 Å². The first-order valence-corrected chi connectivity index (χ1v) is 19.3. The summed E-state index contributed by atoms with van der Waals surface area (Å²) in [6.07, 6.45) is 7.28. The van der Waals surface area contributed by atoms with Crippen molar-refractivity contribution in [2.45, 2.75) is 115 Å². The molecular weight excluding hydrogens is 648 g/mol. The number of hydrogen-bond donors (Lipinski definition) is 3. The quantitative estimate of drug-likeness (QED) is 0.121. The van der Waals surface area contributed by atoms with Gasteiger partial charge in [-0.1, -0.05) is 103 Å². The zero-order valence-corrected chi connectivity index (χ0v) is 32.1. The first-order chi connectivity index (χ1) is 25.0. The molecule has 3 unspecified atom stereocenters. The van der Waals surface area contributed by atoms with Gasteiger partial charge in [0.05, 0.1) is 11.2 Å². The number of nitrogens with one attached hydrogen (secondary N) is 2. The zero-order chi connectivity index (χ0) is 37.1. The van der Waals surface area contributed by atoms with E-state index in [4.69, 9.17) is 9.47 Å². The third-order valence-electron chi connectivity index (χ3n) is 11.5. The molecule has 52 heavy (non-hydrogen) atoms. The van der Waals surface area contributed by atoms with Gasteiger partial charge in [0.2, 0.25) is 0 Å². The fraction of sp³-hybridized carbons (Fsp3) is 0.478. The summed E-state index contributed by atoms with van der Waals surface area (Å²) in [7, 11) is 0. The van der Waals surface area contributed by atoms with E-state index in [0.29, 0.717) is 18.8 Å². The molecule has 0 spiro atoms. The molecule has 4 aromatic carbocycles. The van der Waals surface area contributed by atoms with Gasteiger partial charge in [0.1, 0.15) is 11.6 Å². The number of aryl methyl sites for hydroxylation is 1. The molecule has 0 aliphatic carbocycles. The van der Waals surface area contributed by atoms with Crippen LogP contribution in [0.2, 0.25) is 0 Å². The van der Waals surface area contributed by atoms with E-state index in [9.17, 15) is 9.50 Å². The molecule has 0 bridgehead atoms. The fourth-order valence-electron chi connectivity index (χ4n) is 8.36. The molecule has 0 amide bonds. The lowest BCUT2D eigenvalue weighted by Gasteiger charge is -2.47. The molecule has 5 nitrogen and oxygen atoms in total. The molecule has 3 N–H and O–H groups in total. The molecule has 6 rings (SSSR count). The number of para-hydroxylation sites is 1. The van der Waals surface area contributed by atoms with Crippen LogP contribution < -0.4 is 10.6 Å². The molecule has 0 aromatic heterocycles. The van der Waals surface area contributed by atoms with Crippen molar-refractivity contribution >= 4 is 0 Å². The van der Waals surface area contributed by atoms with Gasteiger partial charge in [-0.25, -0.2) is 4.39 Å². The number of hydrogen-bond acceptors (Lipinski definition) is 5. The molecule has 2 fully saturated rings. The van der Waals surface area contributed by atoms with Crippen molar-refractivity contribution in [2.24, 2.45) is 0 Å². The largest absolute Gasteiger partial charge is 0.508 e. The third kappa shape index (κ3) is 10.5. The van der Waals surface area contributed by atoms with Crippen molar-refractivity contribution in [3.05, 3.63) is 137 Å². The summed E-state index contributed by atoms with van der Waals surface area (Å²) in [4.78, 5) is 0. The van der Waals surface area contributed by atoms with Crippen LogP contribution in [0.15, 0.2) is 103 Å². The van der Waals surface area contributed by atoms with Gasteiger partial charge in [-0.3, -0.25) is 0 Å². The van der Waals surface area contributed by atoms with Gasteiger partial charge >= 0.3 is 0 Å². The molecule has 4 aromatic rings. The van der Waals surface area contributed by atoms with Gasteiger partial charge in [0, 0.05) is 48.3 Å². The van der Waals surface area contributed by atoms with Crippen LogP contribution in [-0.4, -0.2) is 42.6 Å². The first kappa shape index (κ1) is 39.7. The van der Waals surface area contributed by atoms with E-state index >= 15 is 0 Å². The second kappa shape index (κ2) is 18.0. The molecule has 2 aliphatic rings. The number of rotatable bonds is 13. The van der Waals surface area contributed by atoms with Crippen LogP contribution in [0.1, 0.15) is 100 Å². The minimum absolute atomic E-state index is 0.0547. The smallest absolute Gasteiger partial charge is 0.127 e. The molecule has 2 aliphatic heterocycles. The molecule has 3 atom stereocenters.